The lowest BCUT2D eigenvalue weighted by Crippen LogP contribution is -2.11. The van der Waals surface area contributed by atoms with E-state index in [9.17, 15) is 4.79 Å². The van der Waals surface area contributed by atoms with Gasteiger partial charge < -0.3 is 9.30 Å². The van der Waals surface area contributed by atoms with Gasteiger partial charge in [-0.05, 0) is 12.0 Å². The number of rotatable bonds is 16. The molecular weight excluding hydrogens is 358 g/mol. The zero-order valence-electron chi connectivity index (χ0n) is 18.3. The van der Waals surface area contributed by atoms with E-state index < -0.39 is 0 Å². The molecule has 1 aromatic carbocycles. The van der Waals surface area contributed by atoms with Crippen LogP contribution in [0, 0.1) is 0 Å². The molecule has 3 nitrogen and oxygen atoms in total. The minimum atomic E-state index is -0.0492. The molecule has 0 saturated carbocycles. The maximum absolute atomic E-state index is 12.0. The number of pyridine rings is 1. The van der Waals surface area contributed by atoms with Crippen LogP contribution in [-0.4, -0.2) is 4.57 Å². The zero-order chi connectivity index (χ0) is 20.6. The number of aromatic nitrogens is 1. The minimum absolute atomic E-state index is 0.0492. The number of unbranched alkanes of at least 4 members (excludes halogenated alkanes) is 11. The van der Waals surface area contributed by atoms with E-state index in [0.29, 0.717) is 12.4 Å². The topological polar surface area (TPSA) is 31.2 Å². The molecule has 0 aliphatic rings. The lowest BCUT2D eigenvalue weighted by atomic mass is 10.1. The predicted molar refractivity (Wildman–Crippen MR) is 123 cm³/mol. The summed E-state index contributed by atoms with van der Waals surface area (Å²) in [4.78, 5) is 12.0. The summed E-state index contributed by atoms with van der Waals surface area (Å²) in [6.07, 6.45) is 20.0. The van der Waals surface area contributed by atoms with Crippen LogP contribution in [0.4, 0.5) is 0 Å². The molecule has 1 aromatic heterocycles. The Labute approximate surface area is 177 Å². The Morgan fingerprint density at radius 1 is 0.759 bits per heavy atom. The van der Waals surface area contributed by atoms with Gasteiger partial charge in [0.2, 0.25) is 5.43 Å². The highest BCUT2D eigenvalue weighted by molar-refractivity contribution is 5.19. The number of nitrogens with zero attached hydrogens (tertiary/aromatic N) is 1. The first-order valence-electron chi connectivity index (χ1n) is 11.7. The van der Waals surface area contributed by atoms with Gasteiger partial charge in [0.05, 0.1) is 6.20 Å². The molecular formula is C26H39NO2. The SMILES string of the molecule is CCCCCCCCCCCCCCn1ccc(=O)c(OCc2ccccc2)c1. The lowest BCUT2D eigenvalue weighted by Gasteiger charge is -2.10. The normalized spacial score (nSPS) is 10.9. The van der Waals surface area contributed by atoms with Gasteiger partial charge in [0.15, 0.2) is 5.75 Å². The first-order valence-corrected chi connectivity index (χ1v) is 11.7. The molecule has 0 aliphatic carbocycles. The summed E-state index contributed by atoms with van der Waals surface area (Å²) in [5, 5.41) is 0. The summed E-state index contributed by atoms with van der Waals surface area (Å²) in [6.45, 7) is 3.65. The van der Waals surface area contributed by atoms with Crippen LogP contribution in [0.15, 0.2) is 53.6 Å². The van der Waals surface area contributed by atoms with E-state index in [1.807, 2.05) is 42.7 Å². The number of aryl methyl sites for hydroxylation is 1. The Kier molecular flexibility index (Phi) is 11.9. The average Bonchev–Trinajstić information content (AvgIpc) is 2.75. The van der Waals surface area contributed by atoms with Gasteiger partial charge >= 0.3 is 0 Å². The molecule has 160 valence electrons. The predicted octanol–water partition coefficient (Wildman–Crippen LogP) is 7.13. The Morgan fingerprint density at radius 2 is 1.34 bits per heavy atom. The van der Waals surface area contributed by atoms with E-state index in [1.165, 1.54) is 70.6 Å². The molecule has 0 aliphatic heterocycles. The molecule has 0 N–H and O–H groups in total. The van der Waals surface area contributed by atoms with Crippen molar-refractivity contribution in [2.24, 2.45) is 0 Å². The van der Waals surface area contributed by atoms with Crippen molar-refractivity contribution < 1.29 is 4.74 Å². The van der Waals surface area contributed by atoms with Crippen LogP contribution in [0.2, 0.25) is 0 Å². The third-order valence-corrected chi connectivity index (χ3v) is 5.45. The van der Waals surface area contributed by atoms with Gasteiger partial charge in [-0.15, -0.1) is 0 Å². The van der Waals surface area contributed by atoms with Crippen molar-refractivity contribution in [3.8, 4) is 5.75 Å². The van der Waals surface area contributed by atoms with Crippen molar-refractivity contribution in [3.05, 3.63) is 64.6 Å². The fraction of sp³-hybridized carbons (Fsp3) is 0.577. The van der Waals surface area contributed by atoms with Gasteiger partial charge in [-0.1, -0.05) is 108 Å². The highest BCUT2D eigenvalue weighted by atomic mass is 16.5. The number of benzene rings is 1. The molecule has 3 heteroatoms. The monoisotopic (exact) mass is 397 g/mol. The van der Waals surface area contributed by atoms with E-state index >= 15 is 0 Å². The zero-order valence-corrected chi connectivity index (χ0v) is 18.3. The average molecular weight is 398 g/mol. The summed E-state index contributed by atoms with van der Waals surface area (Å²) in [6, 6.07) is 11.6. The standard InChI is InChI=1S/C26H39NO2/c1-2-3-4-5-6-7-8-9-10-11-12-16-20-27-21-19-25(28)26(22-27)29-23-24-17-14-13-15-18-24/h13-15,17-19,21-22H,2-12,16,20,23H2,1H3. The highest BCUT2D eigenvalue weighted by Crippen LogP contribution is 2.13. The molecule has 0 radical (unpaired) electrons. The maximum Gasteiger partial charge on any atom is 0.223 e. The third-order valence-electron chi connectivity index (χ3n) is 5.45. The van der Waals surface area contributed by atoms with Gasteiger partial charge in [0.1, 0.15) is 6.61 Å². The largest absolute Gasteiger partial charge is 0.483 e. The Hall–Kier alpha value is -2.03. The van der Waals surface area contributed by atoms with Crippen LogP contribution in [0.1, 0.15) is 89.5 Å². The second-order valence-corrected chi connectivity index (χ2v) is 8.07. The summed E-state index contributed by atoms with van der Waals surface area (Å²) in [5.41, 5.74) is 1.02. The summed E-state index contributed by atoms with van der Waals surface area (Å²) in [5.74, 6) is 0.440. The molecule has 29 heavy (non-hydrogen) atoms. The summed E-state index contributed by atoms with van der Waals surface area (Å²) < 4.78 is 7.82. The van der Waals surface area contributed by atoms with Gasteiger partial charge in [0, 0.05) is 18.8 Å². The van der Waals surface area contributed by atoms with Crippen LogP contribution < -0.4 is 10.2 Å². The molecule has 0 saturated heterocycles. The van der Waals surface area contributed by atoms with Gasteiger partial charge in [-0.25, -0.2) is 0 Å². The van der Waals surface area contributed by atoms with Crippen LogP contribution in [0.5, 0.6) is 5.75 Å². The van der Waals surface area contributed by atoms with Crippen molar-refractivity contribution in [3.63, 3.8) is 0 Å². The molecule has 0 atom stereocenters. The van der Waals surface area contributed by atoms with E-state index in [1.54, 1.807) is 6.07 Å². The van der Waals surface area contributed by atoms with Crippen molar-refractivity contribution in [1.82, 2.24) is 4.57 Å². The Morgan fingerprint density at radius 3 is 1.97 bits per heavy atom. The quantitative estimate of drug-likeness (QED) is 0.282. The van der Waals surface area contributed by atoms with Crippen LogP contribution >= 0.6 is 0 Å². The van der Waals surface area contributed by atoms with Gasteiger partial charge in [-0.2, -0.15) is 0 Å². The second kappa shape index (κ2) is 14.9. The molecule has 2 rings (SSSR count). The van der Waals surface area contributed by atoms with E-state index in [2.05, 4.69) is 11.5 Å². The van der Waals surface area contributed by atoms with Gasteiger partial charge in [0.25, 0.3) is 0 Å². The summed E-state index contributed by atoms with van der Waals surface area (Å²) in [7, 11) is 0. The minimum Gasteiger partial charge on any atom is -0.483 e. The third kappa shape index (κ3) is 10.3. The smallest absolute Gasteiger partial charge is 0.223 e. The Balaban J connectivity index is 1.55. The Bertz CT molecular complexity index is 708. The number of hydrogen-bond donors (Lipinski definition) is 0. The first kappa shape index (κ1) is 23.3. The van der Waals surface area contributed by atoms with Gasteiger partial charge in [-0.3, -0.25) is 4.79 Å². The molecule has 0 fully saturated rings. The van der Waals surface area contributed by atoms with Crippen molar-refractivity contribution in [2.75, 3.05) is 0 Å². The molecule has 0 bridgehead atoms. The van der Waals surface area contributed by atoms with E-state index in [0.717, 1.165) is 18.5 Å². The first-order chi connectivity index (χ1) is 14.3. The highest BCUT2D eigenvalue weighted by Gasteiger charge is 2.03. The van der Waals surface area contributed by atoms with Crippen LogP contribution in [0.3, 0.4) is 0 Å². The fourth-order valence-corrected chi connectivity index (χ4v) is 3.62. The maximum atomic E-state index is 12.0. The molecule has 0 unspecified atom stereocenters. The number of ether oxygens (including phenoxy) is 1. The van der Waals surface area contributed by atoms with Crippen molar-refractivity contribution in [1.29, 1.82) is 0 Å². The van der Waals surface area contributed by atoms with Crippen LogP contribution in [0.25, 0.3) is 0 Å². The molecule has 1 heterocycles. The second-order valence-electron chi connectivity index (χ2n) is 8.07. The molecule has 0 spiro atoms. The number of hydrogen-bond acceptors (Lipinski definition) is 2. The molecule has 0 amide bonds. The van der Waals surface area contributed by atoms with E-state index in [4.69, 9.17) is 4.74 Å². The molecule has 2 aromatic rings. The van der Waals surface area contributed by atoms with Crippen molar-refractivity contribution >= 4 is 0 Å². The lowest BCUT2D eigenvalue weighted by molar-refractivity contribution is 0.300. The summed E-state index contributed by atoms with van der Waals surface area (Å²) >= 11 is 0. The fourth-order valence-electron chi connectivity index (χ4n) is 3.62. The van der Waals surface area contributed by atoms with E-state index in [-0.39, 0.29) is 5.43 Å². The van der Waals surface area contributed by atoms with Crippen LogP contribution in [-0.2, 0) is 13.2 Å². The van der Waals surface area contributed by atoms with Crippen molar-refractivity contribution in [2.45, 2.75) is 97.1 Å².